The highest BCUT2D eigenvalue weighted by Gasteiger charge is 2.14. The second kappa shape index (κ2) is 16.3. The second-order valence-electron chi connectivity index (χ2n) is 11.2. The van der Waals surface area contributed by atoms with Crippen LogP contribution in [0.2, 0.25) is 0 Å². The molecule has 1 heterocycles. The molecule has 230 valence electrons. The average molecular weight is 596 g/mol. The minimum Gasteiger partial charge on any atom is -0.494 e. The minimum absolute atomic E-state index is 0.371. The first-order valence-corrected chi connectivity index (χ1v) is 15.4. The predicted octanol–water partition coefficient (Wildman–Crippen LogP) is 7.57. The predicted molar refractivity (Wildman–Crippen MR) is 173 cm³/mol. The number of nitrogens with zero attached hydrogens (tertiary/aromatic N) is 2. The van der Waals surface area contributed by atoms with Crippen LogP contribution in [0, 0.1) is 6.92 Å². The van der Waals surface area contributed by atoms with Gasteiger partial charge < -0.3 is 19.1 Å². The van der Waals surface area contributed by atoms with E-state index in [1.54, 1.807) is 61.5 Å². The zero-order chi connectivity index (χ0) is 31.3. The highest BCUT2D eigenvalue weighted by molar-refractivity contribution is 5.92. The Hall–Kier alpha value is -4.65. The Labute approximate surface area is 261 Å². The summed E-state index contributed by atoms with van der Waals surface area (Å²) in [7, 11) is 4.02. The molecule has 0 radical (unpaired) electrons. The van der Waals surface area contributed by atoms with Gasteiger partial charge in [-0.25, -0.2) is 14.2 Å². The van der Waals surface area contributed by atoms with Crippen molar-refractivity contribution in [2.45, 2.75) is 58.9 Å². The van der Waals surface area contributed by atoms with E-state index in [4.69, 9.17) is 14.2 Å². The first kappa shape index (κ1) is 32.3. The number of carbonyl (C=O) groups excluding carboxylic acids is 2. The lowest BCUT2D eigenvalue weighted by Gasteiger charge is -2.11. The van der Waals surface area contributed by atoms with E-state index >= 15 is 0 Å². The van der Waals surface area contributed by atoms with Gasteiger partial charge in [0.2, 0.25) is 0 Å². The number of carbonyl (C=O) groups is 2. The topological polar surface area (TPSA) is 69.0 Å². The molecule has 4 rings (SSSR count). The maximum atomic E-state index is 12.8. The smallest absolute Gasteiger partial charge is 0.343 e. The van der Waals surface area contributed by atoms with Crippen molar-refractivity contribution >= 4 is 17.6 Å². The molecule has 0 amide bonds. The van der Waals surface area contributed by atoms with Crippen molar-refractivity contribution in [1.82, 2.24) is 0 Å². The molecule has 0 saturated carbocycles. The monoisotopic (exact) mass is 595 g/mol. The number of hydrogen-bond acceptors (Lipinski definition) is 6. The van der Waals surface area contributed by atoms with Crippen LogP contribution in [0.4, 0.5) is 5.69 Å². The SMILES string of the molecule is CCCCCCCCOc1ccc(C(=O)Oc2ccc(OC(=O)c3ccc(C[n+]4ccc(N(C)C)cc4)cc3)c(C)c2)cc1. The second-order valence-corrected chi connectivity index (χ2v) is 11.2. The molecule has 0 atom stereocenters. The largest absolute Gasteiger partial charge is 0.494 e. The molecule has 1 aromatic heterocycles. The van der Waals surface area contributed by atoms with Gasteiger partial charge in [0.15, 0.2) is 18.9 Å². The van der Waals surface area contributed by atoms with Gasteiger partial charge in [0.05, 0.1) is 17.7 Å². The lowest BCUT2D eigenvalue weighted by atomic mass is 10.1. The van der Waals surface area contributed by atoms with Crippen molar-refractivity contribution in [2.75, 3.05) is 25.6 Å². The fourth-order valence-electron chi connectivity index (χ4n) is 4.69. The Morgan fingerprint density at radius 2 is 1.30 bits per heavy atom. The van der Waals surface area contributed by atoms with Crippen molar-refractivity contribution in [2.24, 2.45) is 0 Å². The summed E-state index contributed by atoms with van der Waals surface area (Å²) < 4.78 is 19.1. The highest BCUT2D eigenvalue weighted by Crippen LogP contribution is 2.25. The van der Waals surface area contributed by atoms with Crippen LogP contribution in [0.1, 0.15) is 77.3 Å². The summed E-state index contributed by atoms with van der Waals surface area (Å²) in [5, 5.41) is 0. The van der Waals surface area contributed by atoms with Crippen LogP contribution in [0.15, 0.2) is 91.3 Å². The first-order valence-electron chi connectivity index (χ1n) is 15.4. The molecule has 0 saturated heterocycles. The van der Waals surface area contributed by atoms with Crippen molar-refractivity contribution in [3.8, 4) is 17.2 Å². The summed E-state index contributed by atoms with van der Waals surface area (Å²) in [4.78, 5) is 27.6. The molecule has 44 heavy (non-hydrogen) atoms. The van der Waals surface area contributed by atoms with E-state index in [0.717, 1.165) is 23.4 Å². The van der Waals surface area contributed by atoms with E-state index in [-0.39, 0.29) is 0 Å². The number of pyridine rings is 1. The van der Waals surface area contributed by atoms with Crippen LogP contribution in [0.25, 0.3) is 0 Å². The third-order valence-corrected chi connectivity index (χ3v) is 7.36. The van der Waals surface area contributed by atoms with Gasteiger partial charge in [-0.1, -0.05) is 51.2 Å². The van der Waals surface area contributed by atoms with Crippen molar-refractivity contribution < 1.29 is 28.4 Å². The zero-order valence-corrected chi connectivity index (χ0v) is 26.3. The Morgan fingerprint density at radius 3 is 1.93 bits per heavy atom. The summed E-state index contributed by atoms with van der Waals surface area (Å²) >= 11 is 0. The van der Waals surface area contributed by atoms with Gasteiger partial charge in [0, 0.05) is 37.5 Å². The summed E-state index contributed by atoms with van der Waals surface area (Å²) in [6.45, 7) is 5.38. The number of benzene rings is 3. The quantitative estimate of drug-likeness (QED) is 0.0611. The fourth-order valence-corrected chi connectivity index (χ4v) is 4.69. The Balaban J connectivity index is 1.25. The summed E-state index contributed by atoms with van der Waals surface area (Å²) in [6.07, 6.45) is 11.3. The van der Waals surface area contributed by atoms with Gasteiger partial charge in [-0.2, -0.15) is 0 Å². The van der Waals surface area contributed by atoms with Crippen molar-refractivity contribution in [1.29, 1.82) is 0 Å². The van der Waals surface area contributed by atoms with Crippen LogP contribution in [0.5, 0.6) is 17.2 Å². The lowest BCUT2D eigenvalue weighted by molar-refractivity contribution is -0.688. The van der Waals surface area contributed by atoms with E-state index in [1.807, 2.05) is 38.6 Å². The number of esters is 2. The molecule has 0 spiro atoms. The van der Waals surface area contributed by atoms with Crippen molar-refractivity contribution in [3.63, 3.8) is 0 Å². The Bertz CT molecular complexity index is 1500. The molecule has 0 aliphatic rings. The van der Waals surface area contributed by atoms with Gasteiger partial charge in [-0.15, -0.1) is 0 Å². The molecule has 4 aromatic rings. The fraction of sp³-hybridized carbons (Fsp3) is 0.324. The van der Waals surface area contributed by atoms with Crippen LogP contribution in [-0.2, 0) is 6.54 Å². The molecular weight excluding hydrogens is 552 g/mol. The standard InChI is InChI=1S/C37H43N2O5/c1-5-6-7-8-9-10-25-42-33-17-15-31(16-18-33)36(40)43-34-19-20-35(28(2)26-34)44-37(41)30-13-11-29(12-14-30)27-39-23-21-32(22-24-39)38(3)4/h11-24,26H,5-10,25,27H2,1-4H3/q+1. The summed E-state index contributed by atoms with van der Waals surface area (Å²) in [6, 6.07) is 23.4. The summed E-state index contributed by atoms with van der Waals surface area (Å²) in [5.74, 6) is 0.591. The average Bonchev–Trinajstić information content (AvgIpc) is 3.03. The van der Waals surface area contributed by atoms with Gasteiger partial charge in [-0.05, 0) is 73.5 Å². The molecule has 0 aliphatic heterocycles. The van der Waals surface area contributed by atoms with Crippen LogP contribution in [0.3, 0.4) is 0 Å². The normalized spacial score (nSPS) is 10.7. The van der Waals surface area contributed by atoms with E-state index < -0.39 is 11.9 Å². The molecule has 3 aromatic carbocycles. The maximum absolute atomic E-state index is 12.8. The number of aromatic nitrogens is 1. The van der Waals surface area contributed by atoms with Gasteiger partial charge in [0.25, 0.3) is 0 Å². The molecular formula is C37H43N2O5+. The highest BCUT2D eigenvalue weighted by atomic mass is 16.5. The molecule has 7 heteroatoms. The first-order chi connectivity index (χ1) is 21.3. The Morgan fingerprint density at radius 1 is 0.705 bits per heavy atom. The number of aryl methyl sites for hydroxylation is 1. The zero-order valence-electron chi connectivity index (χ0n) is 26.3. The molecule has 0 N–H and O–H groups in total. The number of rotatable bonds is 15. The minimum atomic E-state index is -0.469. The number of anilines is 1. The molecule has 0 aliphatic carbocycles. The molecule has 7 nitrogen and oxygen atoms in total. The molecule has 0 bridgehead atoms. The summed E-state index contributed by atoms with van der Waals surface area (Å²) in [5.41, 5.74) is 3.77. The van der Waals surface area contributed by atoms with E-state index in [2.05, 4.69) is 28.5 Å². The lowest BCUT2D eigenvalue weighted by Crippen LogP contribution is -2.33. The van der Waals surface area contributed by atoms with Gasteiger partial charge in [0.1, 0.15) is 17.2 Å². The van der Waals surface area contributed by atoms with Crippen molar-refractivity contribution in [3.05, 3.63) is 114 Å². The number of unbranched alkanes of at least 4 members (excludes halogenated alkanes) is 5. The molecule has 0 fully saturated rings. The third kappa shape index (κ3) is 9.69. The van der Waals surface area contributed by atoms with E-state index in [9.17, 15) is 9.59 Å². The van der Waals surface area contributed by atoms with E-state index in [1.165, 1.54) is 32.1 Å². The number of ether oxygens (including phenoxy) is 3. The van der Waals surface area contributed by atoms with Gasteiger partial charge in [-0.3, -0.25) is 0 Å². The van der Waals surface area contributed by atoms with Gasteiger partial charge >= 0.3 is 11.9 Å². The maximum Gasteiger partial charge on any atom is 0.343 e. The van der Waals surface area contributed by atoms with Crippen LogP contribution >= 0.6 is 0 Å². The number of hydrogen-bond donors (Lipinski definition) is 0. The van der Waals surface area contributed by atoms with Crippen LogP contribution in [-0.4, -0.2) is 32.6 Å². The molecule has 0 unspecified atom stereocenters. The Kier molecular flexibility index (Phi) is 11.9. The third-order valence-electron chi connectivity index (χ3n) is 7.36. The van der Waals surface area contributed by atoms with Crippen LogP contribution < -0.4 is 23.7 Å². The van der Waals surface area contributed by atoms with E-state index in [0.29, 0.717) is 41.3 Å².